The minimum absolute atomic E-state index is 0.322. The molecule has 2 N–H and O–H groups in total. The van der Waals surface area contributed by atoms with E-state index in [4.69, 9.17) is 5.73 Å². The predicted octanol–water partition coefficient (Wildman–Crippen LogP) is 3.79. The Hall–Kier alpha value is -1.88. The SMILES string of the molecule is Cc1ccc(F)c(-c2nc3c(Br)cccn3c2N)c1. The number of hydrogen-bond donors (Lipinski definition) is 1. The van der Waals surface area contributed by atoms with Crippen LogP contribution in [-0.4, -0.2) is 9.38 Å². The van der Waals surface area contributed by atoms with Crippen LogP contribution >= 0.6 is 15.9 Å². The van der Waals surface area contributed by atoms with E-state index in [1.54, 1.807) is 22.7 Å². The van der Waals surface area contributed by atoms with E-state index in [-0.39, 0.29) is 5.82 Å². The first kappa shape index (κ1) is 12.2. The van der Waals surface area contributed by atoms with E-state index in [0.29, 0.717) is 22.7 Å². The van der Waals surface area contributed by atoms with Gasteiger partial charge in [-0.3, -0.25) is 4.40 Å². The molecular weight excluding hydrogens is 309 g/mol. The highest BCUT2D eigenvalue weighted by atomic mass is 79.9. The third kappa shape index (κ3) is 1.90. The Morgan fingerprint density at radius 3 is 2.84 bits per heavy atom. The molecule has 5 heteroatoms. The van der Waals surface area contributed by atoms with Crippen LogP contribution in [0, 0.1) is 12.7 Å². The summed E-state index contributed by atoms with van der Waals surface area (Å²) in [7, 11) is 0. The van der Waals surface area contributed by atoms with E-state index < -0.39 is 0 Å². The number of nitrogen functional groups attached to an aromatic ring is 1. The number of rotatable bonds is 1. The van der Waals surface area contributed by atoms with E-state index in [1.165, 1.54) is 6.07 Å². The number of halogens is 2. The van der Waals surface area contributed by atoms with Crippen LogP contribution in [0.4, 0.5) is 10.2 Å². The molecule has 0 saturated heterocycles. The summed E-state index contributed by atoms with van der Waals surface area (Å²) in [6.45, 7) is 1.91. The Balaban J connectivity index is 2.34. The zero-order valence-corrected chi connectivity index (χ0v) is 11.8. The molecule has 1 aromatic carbocycles. The monoisotopic (exact) mass is 319 g/mol. The summed E-state index contributed by atoms with van der Waals surface area (Å²) < 4.78 is 16.5. The standard InChI is InChI=1S/C14H11BrFN3/c1-8-4-5-11(16)9(7-8)12-13(17)19-6-2-3-10(15)14(19)18-12/h2-7H,17H2,1H3. The van der Waals surface area contributed by atoms with Crippen LogP contribution < -0.4 is 5.73 Å². The molecule has 0 unspecified atom stereocenters. The molecule has 0 aliphatic rings. The van der Waals surface area contributed by atoms with Gasteiger partial charge in [-0.05, 0) is 47.1 Å². The Labute approximate surface area is 118 Å². The fourth-order valence-corrected chi connectivity index (χ4v) is 2.50. The van der Waals surface area contributed by atoms with Crippen molar-refractivity contribution in [3.8, 4) is 11.3 Å². The second kappa shape index (κ2) is 4.35. The van der Waals surface area contributed by atoms with Gasteiger partial charge >= 0.3 is 0 Å². The lowest BCUT2D eigenvalue weighted by atomic mass is 10.1. The third-order valence-electron chi connectivity index (χ3n) is 3.02. The summed E-state index contributed by atoms with van der Waals surface area (Å²) in [5.74, 6) is 0.109. The number of nitrogens with two attached hydrogens (primary N) is 1. The second-order valence-corrected chi connectivity index (χ2v) is 5.23. The van der Waals surface area contributed by atoms with Gasteiger partial charge in [0.05, 0.1) is 4.47 Å². The minimum Gasteiger partial charge on any atom is -0.383 e. The highest BCUT2D eigenvalue weighted by Gasteiger charge is 2.16. The van der Waals surface area contributed by atoms with E-state index in [0.717, 1.165) is 10.0 Å². The lowest BCUT2D eigenvalue weighted by Crippen LogP contribution is -1.95. The number of aryl methyl sites for hydroxylation is 1. The second-order valence-electron chi connectivity index (χ2n) is 4.38. The first-order valence-electron chi connectivity index (χ1n) is 5.76. The van der Waals surface area contributed by atoms with Crippen LogP contribution in [0.3, 0.4) is 0 Å². The van der Waals surface area contributed by atoms with Gasteiger partial charge in [0.1, 0.15) is 17.3 Å². The molecule has 0 radical (unpaired) electrons. The summed E-state index contributed by atoms with van der Waals surface area (Å²) in [6, 6.07) is 8.63. The number of imidazole rings is 1. The summed E-state index contributed by atoms with van der Waals surface area (Å²) in [4.78, 5) is 4.44. The van der Waals surface area contributed by atoms with Crippen molar-refractivity contribution >= 4 is 27.4 Å². The summed E-state index contributed by atoms with van der Waals surface area (Å²) in [6.07, 6.45) is 1.81. The van der Waals surface area contributed by atoms with Crippen molar-refractivity contribution in [2.75, 3.05) is 5.73 Å². The van der Waals surface area contributed by atoms with Crippen LogP contribution in [-0.2, 0) is 0 Å². The molecule has 3 aromatic rings. The van der Waals surface area contributed by atoms with E-state index in [1.807, 2.05) is 19.1 Å². The fourth-order valence-electron chi connectivity index (χ4n) is 2.07. The lowest BCUT2D eigenvalue weighted by Gasteiger charge is -2.02. The molecule has 0 aliphatic carbocycles. The zero-order chi connectivity index (χ0) is 13.6. The van der Waals surface area contributed by atoms with Crippen LogP contribution in [0.1, 0.15) is 5.56 Å². The van der Waals surface area contributed by atoms with E-state index in [9.17, 15) is 4.39 Å². The van der Waals surface area contributed by atoms with Crippen LogP contribution in [0.2, 0.25) is 0 Å². The molecule has 3 rings (SSSR count). The lowest BCUT2D eigenvalue weighted by molar-refractivity contribution is 0.630. The molecule has 0 saturated carbocycles. The van der Waals surface area contributed by atoms with Crippen LogP contribution in [0.5, 0.6) is 0 Å². The minimum atomic E-state index is -0.322. The Morgan fingerprint density at radius 1 is 1.32 bits per heavy atom. The van der Waals surface area contributed by atoms with Crippen molar-refractivity contribution in [2.24, 2.45) is 0 Å². The number of hydrogen-bond acceptors (Lipinski definition) is 2. The van der Waals surface area contributed by atoms with Crippen LogP contribution in [0.25, 0.3) is 16.9 Å². The maximum Gasteiger partial charge on any atom is 0.153 e. The average molecular weight is 320 g/mol. The Morgan fingerprint density at radius 2 is 2.11 bits per heavy atom. The van der Waals surface area contributed by atoms with Gasteiger partial charge < -0.3 is 5.73 Å². The Bertz CT molecular complexity index is 780. The highest BCUT2D eigenvalue weighted by molar-refractivity contribution is 9.10. The van der Waals surface area contributed by atoms with Crippen molar-refractivity contribution in [1.82, 2.24) is 9.38 Å². The van der Waals surface area contributed by atoms with Gasteiger partial charge in [-0.2, -0.15) is 0 Å². The molecule has 2 aromatic heterocycles. The van der Waals surface area contributed by atoms with Crippen LogP contribution in [0.15, 0.2) is 41.0 Å². The smallest absolute Gasteiger partial charge is 0.153 e. The highest BCUT2D eigenvalue weighted by Crippen LogP contribution is 2.31. The molecule has 0 bridgehead atoms. The molecule has 96 valence electrons. The number of anilines is 1. The normalized spacial score (nSPS) is 11.1. The first-order chi connectivity index (χ1) is 9.08. The van der Waals surface area contributed by atoms with Crippen molar-refractivity contribution in [3.63, 3.8) is 0 Å². The number of benzene rings is 1. The van der Waals surface area contributed by atoms with Gasteiger partial charge in [0.2, 0.25) is 0 Å². The fraction of sp³-hybridized carbons (Fsp3) is 0.0714. The van der Waals surface area contributed by atoms with Gasteiger partial charge in [0.15, 0.2) is 5.65 Å². The van der Waals surface area contributed by atoms with Gasteiger partial charge in [-0.25, -0.2) is 9.37 Å². The number of nitrogens with zero attached hydrogens (tertiary/aromatic N) is 2. The average Bonchev–Trinajstić information content (AvgIpc) is 2.72. The third-order valence-corrected chi connectivity index (χ3v) is 3.64. The summed E-state index contributed by atoms with van der Waals surface area (Å²) >= 11 is 3.42. The van der Waals surface area contributed by atoms with Gasteiger partial charge in [-0.15, -0.1) is 0 Å². The molecule has 2 heterocycles. The largest absolute Gasteiger partial charge is 0.383 e. The summed E-state index contributed by atoms with van der Waals surface area (Å²) in [5, 5.41) is 0. The molecular formula is C14H11BrFN3. The predicted molar refractivity (Wildman–Crippen MR) is 77.4 cm³/mol. The molecule has 19 heavy (non-hydrogen) atoms. The molecule has 0 fully saturated rings. The maximum absolute atomic E-state index is 13.9. The molecule has 0 atom stereocenters. The Kier molecular flexibility index (Phi) is 2.78. The van der Waals surface area contributed by atoms with Gasteiger partial charge in [-0.1, -0.05) is 11.6 Å². The van der Waals surface area contributed by atoms with Gasteiger partial charge in [0, 0.05) is 11.8 Å². The van der Waals surface area contributed by atoms with Crippen molar-refractivity contribution < 1.29 is 4.39 Å². The number of pyridine rings is 1. The quantitative estimate of drug-likeness (QED) is 0.741. The number of fused-ring (bicyclic) bond motifs is 1. The van der Waals surface area contributed by atoms with E-state index in [2.05, 4.69) is 20.9 Å². The van der Waals surface area contributed by atoms with Crippen molar-refractivity contribution in [2.45, 2.75) is 6.92 Å². The van der Waals surface area contributed by atoms with E-state index >= 15 is 0 Å². The first-order valence-corrected chi connectivity index (χ1v) is 6.56. The zero-order valence-electron chi connectivity index (χ0n) is 10.2. The summed E-state index contributed by atoms with van der Waals surface area (Å²) in [5.41, 5.74) is 8.60. The number of aromatic nitrogens is 2. The molecule has 3 nitrogen and oxygen atoms in total. The molecule has 0 amide bonds. The maximum atomic E-state index is 13.9. The van der Waals surface area contributed by atoms with Crippen molar-refractivity contribution in [3.05, 3.63) is 52.4 Å². The topological polar surface area (TPSA) is 43.3 Å². The molecule has 0 aliphatic heterocycles. The molecule has 0 spiro atoms. The van der Waals surface area contributed by atoms with Crippen molar-refractivity contribution in [1.29, 1.82) is 0 Å². The van der Waals surface area contributed by atoms with Gasteiger partial charge in [0.25, 0.3) is 0 Å².